The first-order chi connectivity index (χ1) is 15.1. The lowest BCUT2D eigenvalue weighted by molar-refractivity contribution is -0.136. The van der Waals surface area contributed by atoms with Crippen LogP contribution in [0.4, 0.5) is 0 Å². The van der Waals surface area contributed by atoms with E-state index in [1.165, 1.54) is 16.7 Å². The SMILES string of the molecule is O=C(O)CCNCC=Cc1ccc(OCCc2ccc(-c3ccccc3)cc2)cc1Cl. The molecule has 0 aliphatic carbocycles. The van der Waals surface area contributed by atoms with Gasteiger partial charge in [-0.05, 0) is 40.5 Å². The minimum absolute atomic E-state index is 0.109. The molecule has 0 atom stereocenters. The van der Waals surface area contributed by atoms with E-state index in [9.17, 15) is 4.79 Å². The smallest absolute Gasteiger partial charge is 0.304 e. The Morgan fingerprint density at radius 1 is 1.00 bits per heavy atom. The van der Waals surface area contributed by atoms with Gasteiger partial charge in [0.1, 0.15) is 5.75 Å². The van der Waals surface area contributed by atoms with Gasteiger partial charge in [0.25, 0.3) is 0 Å². The molecule has 0 bridgehead atoms. The third kappa shape index (κ3) is 7.59. The second-order valence-corrected chi connectivity index (χ2v) is 7.50. The quantitative estimate of drug-likeness (QED) is 0.379. The predicted octanol–water partition coefficient (Wildman–Crippen LogP) is 5.71. The molecule has 0 unspecified atom stereocenters. The van der Waals surface area contributed by atoms with Crippen molar-refractivity contribution in [1.82, 2.24) is 5.32 Å². The van der Waals surface area contributed by atoms with Gasteiger partial charge in [-0.25, -0.2) is 0 Å². The summed E-state index contributed by atoms with van der Waals surface area (Å²) in [6, 6.07) is 24.5. The number of carboxylic acids is 1. The van der Waals surface area contributed by atoms with Gasteiger partial charge >= 0.3 is 5.97 Å². The fraction of sp³-hybridized carbons (Fsp3) is 0.192. The molecule has 160 valence electrons. The van der Waals surface area contributed by atoms with Crippen LogP contribution >= 0.6 is 11.6 Å². The number of carboxylic acid groups (broad SMARTS) is 1. The van der Waals surface area contributed by atoms with E-state index in [-0.39, 0.29) is 6.42 Å². The van der Waals surface area contributed by atoms with Crippen molar-refractivity contribution < 1.29 is 14.6 Å². The number of carbonyl (C=O) groups is 1. The maximum atomic E-state index is 10.5. The summed E-state index contributed by atoms with van der Waals surface area (Å²) in [5.41, 5.74) is 4.54. The Kier molecular flexibility index (Phi) is 8.71. The molecule has 3 aromatic rings. The van der Waals surface area contributed by atoms with E-state index >= 15 is 0 Å². The van der Waals surface area contributed by atoms with E-state index in [1.807, 2.05) is 48.6 Å². The van der Waals surface area contributed by atoms with Crippen LogP contribution in [0.5, 0.6) is 5.75 Å². The molecule has 0 aromatic heterocycles. The summed E-state index contributed by atoms with van der Waals surface area (Å²) in [7, 11) is 0. The topological polar surface area (TPSA) is 58.6 Å². The average molecular weight is 436 g/mol. The van der Waals surface area contributed by atoms with Gasteiger partial charge in [0.15, 0.2) is 0 Å². The van der Waals surface area contributed by atoms with Crippen molar-refractivity contribution >= 4 is 23.6 Å². The maximum Gasteiger partial charge on any atom is 0.304 e. The normalized spacial score (nSPS) is 11.0. The summed E-state index contributed by atoms with van der Waals surface area (Å²) in [5, 5.41) is 12.3. The highest BCUT2D eigenvalue weighted by Gasteiger charge is 2.02. The van der Waals surface area contributed by atoms with Crippen LogP contribution in [0.3, 0.4) is 0 Å². The van der Waals surface area contributed by atoms with Crippen LogP contribution in [-0.2, 0) is 11.2 Å². The molecule has 5 heteroatoms. The van der Waals surface area contributed by atoms with Crippen molar-refractivity contribution in [2.45, 2.75) is 12.8 Å². The third-order valence-electron chi connectivity index (χ3n) is 4.77. The van der Waals surface area contributed by atoms with E-state index in [2.05, 4.69) is 41.7 Å². The fourth-order valence-electron chi connectivity index (χ4n) is 3.08. The monoisotopic (exact) mass is 435 g/mol. The zero-order chi connectivity index (χ0) is 21.9. The molecule has 3 aromatic carbocycles. The molecule has 2 N–H and O–H groups in total. The molecule has 0 radical (unpaired) electrons. The van der Waals surface area contributed by atoms with Gasteiger partial charge < -0.3 is 15.2 Å². The highest BCUT2D eigenvalue weighted by atomic mass is 35.5. The van der Waals surface area contributed by atoms with Crippen molar-refractivity contribution in [3.63, 3.8) is 0 Å². The minimum Gasteiger partial charge on any atom is -0.493 e. The number of halogens is 1. The second-order valence-electron chi connectivity index (χ2n) is 7.09. The zero-order valence-corrected chi connectivity index (χ0v) is 18.0. The predicted molar refractivity (Wildman–Crippen MR) is 127 cm³/mol. The van der Waals surface area contributed by atoms with Crippen LogP contribution in [0.25, 0.3) is 17.2 Å². The van der Waals surface area contributed by atoms with Crippen LogP contribution in [0.2, 0.25) is 5.02 Å². The molecule has 0 aliphatic rings. The lowest BCUT2D eigenvalue weighted by Crippen LogP contribution is -2.17. The maximum absolute atomic E-state index is 10.5. The van der Waals surface area contributed by atoms with E-state index in [1.54, 1.807) is 0 Å². The molecular formula is C26H26ClNO3. The Morgan fingerprint density at radius 3 is 2.45 bits per heavy atom. The molecular weight excluding hydrogens is 410 g/mol. The van der Waals surface area contributed by atoms with Crippen molar-refractivity contribution in [3.8, 4) is 16.9 Å². The number of hydrogen-bond donors (Lipinski definition) is 2. The van der Waals surface area contributed by atoms with E-state index in [0.717, 1.165) is 17.7 Å². The molecule has 0 amide bonds. The molecule has 0 heterocycles. The average Bonchev–Trinajstić information content (AvgIpc) is 2.78. The van der Waals surface area contributed by atoms with Gasteiger partial charge in [-0.1, -0.05) is 78.4 Å². The van der Waals surface area contributed by atoms with Gasteiger partial charge in [-0.15, -0.1) is 0 Å². The Hall–Kier alpha value is -3.08. The molecule has 0 saturated carbocycles. The standard InChI is InChI=1S/C26H26ClNO3/c27-25-19-24(13-12-23(25)7-4-16-28-17-14-26(29)30)31-18-15-20-8-10-22(11-9-20)21-5-2-1-3-6-21/h1-13,19,28H,14-18H2,(H,29,30). The Labute approximate surface area is 188 Å². The number of ether oxygens (including phenoxy) is 1. The van der Waals surface area contributed by atoms with Gasteiger partial charge in [0, 0.05) is 19.5 Å². The van der Waals surface area contributed by atoms with Crippen LogP contribution in [0.15, 0.2) is 78.9 Å². The van der Waals surface area contributed by atoms with Crippen LogP contribution in [0.1, 0.15) is 17.5 Å². The summed E-state index contributed by atoms with van der Waals surface area (Å²) < 4.78 is 5.86. The molecule has 0 aliphatic heterocycles. The highest BCUT2D eigenvalue weighted by molar-refractivity contribution is 6.32. The lowest BCUT2D eigenvalue weighted by atomic mass is 10.0. The highest BCUT2D eigenvalue weighted by Crippen LogP contribution is 2.24. The van der Waals surface area contributed by atoms with Crippen LogP contribution in [-0.4, -0.2) is 30.8 Å². The number of benzene rings is 3. The molecule has 0 saturated heterocycles. The van der Waals surface area contributed by atoms with Crippen molar-refractivity contribution in [2.24, 2.45) is 0 Å². The molecule has 3 rings (SSSR count). The summed E-state index contributed by atoms with van der Waals surface area (Å²) in [6.45, 7) is 1.60. The first-order valence-electron chi connectivity index (χ1n) is 10.3. The van der Waals surface area contributed by atoms with Crippen molar-refractivity contribution in [3.05, 3.63) is 95.0 Å². The minimum atomic E-state index is -0.806. The van der Waals surface area contributed by atoms with E-state index in [0.29, 0.717) is 24.7 Å². The number of aliphatic carboxylic acids is 1. The van der Waals surface area contributed by atoms with Crippen LogP contribution in [0, 0.1) is 0 Å². The number of rotatable bonds is 11. The van der Waals surface area contributed by atoms with E-state index in [4.69, 9.17) is 21.4 Å². The molecule has 0 fully saturated rings. The van der Waals surface area contributed by atoms with Gasteiger partial charge in [0.2, 0.25) is 0 Å². The Bertz CT molecular complexity index is 1000. The van der Waals surface area contributed by atoms with Gasteiger partial charge in [0.05, 0.1) is 18.1 Å². The Balaban J connectivity index is 1.44. The third-order valence-corrected chi connectivity index (χ3v) is 5.10. The van der Waals surface area contributed by atoms with Crippen LogP contribution < -0.4 is 10.1 Å². The zero-order valence-electron chi connectivity index (χ0n) is 17.3. The lowest BCUT2D eigenvalue weighted by Gasteiger charge is -2.09. The molecule has 31 heavy (non-hydrogen) atoms. The molecule has 0 spiro atoms. The fourth-order valence-corrected chi connectivity index (χ4v) is 3.31. The number of nitrogens with one attached hydrogen (secondary N) is 1. The van der Waals surface area contributed by atoms with Gasteiger partial charge in [-0.3, -0.25) is 4.79 Å². The first kappa shape index (κ1) is 22.6. The Morgan fingerprint density at radius 2 is 1.74 bits per heavy atom. The van der Waals surface area contributed by atoms with Crippen molar-refractivity contribution in [2.75, 3.05) is 19.7 Å². The summed E-state index contributed by atoms with van der Waals surface area (Å²) >= 11 is 6.35. The summed E-state index contributed by atoms with van der Waals surface area (Å²) in [4.78, 5) is 10.5. The molecule has 4 nitrogen and oxygen atoms in total. The summed E-state index contributed by atoms with van der Waals surface area (Å²) in [6.07, 6.45) is 4.75. The van der Waals surface area contributed by atoms with Crippen molar-refractivity contribution in [1.29, 1.82) is 0 Å². The van der Waals surface area contributed by atoms with Gasteiger partial charge in [-0.2, -0.15) is 0 Å². The van der Waals surface area contributed by atoms with E-state index < -0.39 is 5.97 Å². The summed E-state index contributed by atoms with van der Waals surface area (Å²) in [5.74, 6) is -0.0676. The second kappa shape index (κ2) is 11.9. The number of hydrogen-bond acceptors (Lipinski definition) is 3. The first-order valence-corrected chi connectivity index (χ1v) is 10.7. The largest absolute Gasteiger partial charge is 0.493 e.